The van der Waals surface area contributed by atoms with E-state index in [1.165, 1.54) is 0 Å². The molecule has 0 amide bonds. The molecule has 2 aromatic rings. The second kappa shape index (κ2) is 9.84. The van der Waals surface area contributed by atoms with E-state index in [1.807, 2.05) is 0 Å². The summed E-state index contributed by atoms with van der Waals surface area (Å²) in [4.78, 5) is 32.4. The van der Waals surface area contributed by atoms with Crippen LogP contribution in [0.5, 0.6) is 0 Å². The topological polar surface area (TPSA) is 190 Å². The third-order valence-electron chi connectivity index (χ3n) is 4.57. The molecule has 2 heterocycles. The standard InChI is InChI=1S/C15H21O5P.C3H6N6/c1-3-14(16)19-11-15(2)13(9-10-20-15)21(17,18)12-7-5-4-6-8-12;4-1-7-2(5)9-3(6)8-1/h4-8,13H,3,9-11H2,1-2H3,(H,17,18);(H6,4,5,6,7,8,9). The second-order valence-corrected chi connectivity index (χ2v) is 9.23. The maximum absolute atomic E-state index is 12.9. The lowest BCUT2D eigenvalue weighted by atomic mass is 10.0. The monoisotopic (exact) mass is 438 g/mol. The second-order valence-electron chi connectivity index (χ2n) is 6.85. The molecule has 0 saturated carbocycles. The lowest BCUT2D eigenvalue weighted by Crippen LogP contribution is -2.42. The Hall–Kier alpha value is -2.75. The summed E-state index contributed by atoms with van der Waals surface area (Å²) >= 11 is 0. The summed E-state index contributed by atoms with van der Waals surface area (Å²) in [5, 5.41) is 0.411. The van der Waals surface area contributed by atoms with Gasteiger partial charge >= 0.3 is 5.97 Å². The Labute approximate surface area is 174 Å². The number of ether oxygens (including phenoxy) is 2. The summed E-state index contributed by atoms with van der Waals surface area (Å²) in [5.41, 5.74) is 13.9. The molecule has 30 heavy (non-hydrogen) atoms. The summed E-state index contributed by atoms with van der Waals surface area (Å²) in [5.74, 6) is -0.210. The molecule has 1 aliphatic rings. The van der Waals surface area contributed by atoms with Crippen LogP contribution in [0.3, 0.4) is 0 Å². The van der Waals surface area contributed by atoms with Gasteiger partial charge in [0.1, 0.15) is 12.2 Å². The number of nitrogen functional groups attached to an aromatic ring is 3. The lowest BCUT2D eigenvalue weighted by Gasteiger charge is -2.32. The van der Waals surface area contributed by atoms with Gasteiger partial charge in [0.25, 0.3) is 0 Å². The van der Waals surface area contributed by atoms with Gasteiger partial charge < -0.3 is 31.6 Å². The van der Waals surface area contributed by atoms with Crippen molar-refractivity contribution < 1.29 is 23.7 Å². The summed E-state index contributed by atoms with van der Waals surface area (Å²) in [6, 6.07) is 8.58. The average Bonchev–Trinajstić information content (AvgIpc) is 3.09. The van der Waals surface area contributed by atoms with Crippen LogP contribution in [0.1, 0.15) is 26.7 Å². The Balaban J connectivity index is 0.000000297. The van der Waals surface area contributed by atoms with Crippen molar-refractivity contribution in [3.05, 3.63) is 30.3 Å². The van der Waals surface area contributed by atoms with Gasteiger partial charge in [-0.15, -0.1) is 0 Å². The minimum atomic E-state index is -3.60. The van der Waals surface area contributed by atoms with Gasteiger partial charge in [-0.25, -0.2) is 0 Å². The molecule has 0 bridgehead atoms. The van der Waals surface area contributed by atoms with Gasteiger partial charge in [0, 0.05) is 18.3 Å². The van der Waals surface area contributed by atoms with Gasteiger partial charge in [-0.05, 0) is 25.5 Å². The van der Waals surface area contributed by atoms with Crippen LogP contribution in [0, 0.1) is 0 Å². The zero-order chi connectivity index (χ0) is 22.4. The van der Waals surface area contributed by atoms with Crippen molar-refractivity contribution in [1.82, 2.24) is 15.0 Å². The van der Waals surface area contributed by atoms with E-state index in [0.29, 0.717) is 18.3 Å². The molecule has 1 fully saturated rings. The maximum Gasteiger partial charge on any atom is 0.305 e. The highest BCUT2D eigenvalue weighted by molar-refractivity contribution is 7.66. The highest BCUT2D eigenvalue weighted by Gasteiger charge is 2.51. The SMILES string of the molecule is CCC(=O)OCC1(C)OCCC1P(=O)(O)c1ccccc1.Nc1nc(N)nc(N)n1. The summed E-state index contributed by atoms with van der Waals surface area (Å²) in [6.07, 6.45) is 0.749. The van der Waals surface area contributed by atoms with Crippen LogP contribution in [0.25, 0.3) is 0 Å². The maximum atomic E-state index is 12.9. The summed E-state index contributed by atoms with van der Waals surface area (Å²) in [6.45, 7) is 3.84. The van der Waals surface area contributed by atoms with E-state index in [2.05, 4.69) is 15.0 Å². The third-order valence-corrected chi connectivity index (χ3v) is 7.26. The molecule has 0 aliphatic carbocycles. The molecule has 3 unspecified atom stereocenters. The molecule has 0 radical (unpaired) electrons. The molecule has 1 aromatic carbocycles. The molecular formula is C18H27N6O5P. The molecule has 0 spiro atoms. The predicted molar refractivity (Wildman–Crippen MR) is 113 cm³/mol. The first-order chi connectivity index (χ1) is 14.1. The molecular weight excluding hydrogens is 411 g/mol. The fraction of sp³-hybridized carbons (Fsp3) is 0.444. The van der Waals surface area contributed by atoms with Crippen molar-refractivity contribution >= 4 is 36.5 Å². The van der Waals surface area contributed by atoms with Crippen LogP contribution in [0.15, 0.2) is 30.3 Å². The Kier molecular flexibility index (Phi) is 7.71. The quantitative estimate of drug-likeness (QED) is 0.380. The number of rotatable bonds is 5. The highest BCUT2D eigenvalue weighted by atomic mass is 31.2. The van der Waals surface area contributed by atoms with Gasteiger partial charge in [-0.3, -0.25) is 9.36 Å². The molecule has 1 aliphatic heterocycles. The number of aromatic nitrogens is 3. The summed E-state index contributed by atoms with van der Waals surface area (Å²) in [7, 11) is -3.60. The predicted octanol–water partition coefficient (Wildman–Crippen LogP) is 0.701. The van der Waals surface area contributed by atoms with Gasteiger partial charge in [0.2, 0.25) is 25.2 Å². The Morgan fingerprint density at radius 1 is 1.20 bits per heavy atom. The minimum Gasteiger partial charge on any atom is -0.463 e. The lowest BCUT2D eigenvalue weighted by molar-refractivity contribution is -0.150. The van der Waals surface area contributed by atoms with E-state index in [1.54, 1.807) is 44.2 Å². The number of nitrogens with zero attached hydrogens (tertiary/aromatic N) is 3. The van der Waals surface area contributed by atoms with E-state index >= 15 is 0 Å². The Bertz CT molecular complexity index is 865. The van der Waals surface area contributed by atoms with Crippen LogP contribution in [0.4, 0.5) is 17.8 Å². The number of esters is 1. The van der Waals surface area contributed by atoms with Crippen molar-refractivity contribution in [2.24, 2.45) is 0 Å². The van der Waals surface area contributed by atoms with Crippen LogP contribution >= 0.6 is 7.37 Å². The molecule has 11 nitrogen and oxygen atoms in total. The first-order valence-electron chi connectivity index (χ1n) is 9.28. The molecule has 3 atom stereocenters. The van der Waals surface area contributed by atoms with Gasteiger partial charge in [-0.2, -0.15) is 15.0 Å². The van der Waals surface area contributed by atoms with Crippen molar-refractivity contribution in [3.63, 3.8) is 0 Å². The molecule has 164 valence electrons. The van der Waals surface area contributed by atoms with E-state index in [0.717, 1.165) is 0 Å². The van der Waals surface area contributed by atoms with Gasteiger partial charge in [-0.1, -0.05) is 25.1 Å². The zero-order valence-corrected chi connectivity index (χ0v) is 17.8. The zero-order valence-electron chi connectivity index (χ0n) is 16.9. The average molecular weight is 438 g/mol. The minimum absolute atomic E-state index is 0.00171. The largest absolute Gasteiger partial charge is 0.463 e. The first-order valence-corrected chi connectivity index (χ1v) is 11.0. The number of nitrogens with two attached hydrogens (primary N) is 3. The van der Waals surface area contributed by atoms with E-state index < -0.39 is 18.6 Å². The number of carbonyl (C=O) groups is 1. The van der Waals surface area contributed by atoms with Crippen LogP contribution in [-0.2, 0) is 18.8 Å². The van der Waals surface area contributed by atoms with Crippen molar-refractivity contribution in [2.75, 3.05) is 30.4 Å². The molecule has 3 rings (SSSR count). The third kappa shape index (κ3) is 5.88. The molecule has 12 heteroatoms. The highest BCUT2D eigenvalue weighted by Crippen LogP contribution is 2.54. The van der Waals surface area contributed by atoms with Gasteiger partial charge in [0.15, 0.2) is 0 Å². The number of hydrogen-bond donors (Lipinski definition) is 4. The smallest absolute Gasteiger partial charge is 0.305 e. The number of benzene rings is 1. The first kappa shape index (κ1) is 23.5. The normalized spacial score (nSPS) is 22.4. The van der Waals surface area contributed by atoms with Crippen molar-refractivity contribution in [2.45, 2.75) is 37.9 Å². The number of hydrogen-bond acceptors (Lipinski definition) is 10. The van der Waals surface area contributed by atoms with Gasteiger partial charge in [0.05, 0.1) is 5.66 Å². The van der Waals surface area contributed by atoms with E-state index in [9.17, 15) is 14.3 Å². The van der Waals surface area contributed by atoms with Crippen molar-refractivity contribution in [3.8, 4) is 0 Å². The number of carbonyl (C=O) groups excluding carboxylic acids is 1. The molecule has 7 N–H and O–H groups in total. The molecule has 1 aromatic heterocycles. The van der Waals surface area contributed by atoms with Crippen LogP contribution in [-0.4, -0.2) is 50.3 Å². The fourth-order valence-electron chi connectivity index (χ4n) is 3.06. The summed E-state index contributed by atoms with van der Waals surface area (Å²) < 4.78 is 23.7. The van der Waals surface area contributed by atoms with Crippen LogP contribution < -0.4 is 22.5 Å². The van der Waals surface area contributed by atoms with Crippen molar-refractivity contribution in [1.29, 1.82) is 0 Å². The molecule has 1 saturated heterocycles. The Morgan fingerprint density at radius 3 is 2.23 bits per heavy atom. The Morgan fingerprint density at radius 2 is 1.73 bits per heavy atom. The van der Waals surface area contributed by atoms with E-state index in [4.69, 9.17) is 26.7 Å². The fourth-order valence-corrected chi connectivity index (χ4v) is 5.37. The van der Waals surface area contributed by atoms with Crippen LogP contribution in [0.2, 0.25) is 0 Å². The number of anilines is 3. The van der Waals surface area contributed by atoms with E-state index in [-0.39, 0.29) is 36.8 Å².